The Kier molecular flexibility index (Phi) is 9.83. The molecule has 0 aliphatic carbocycles. The fraction of sp³-hybridized carbons (Fsp3) is 0.312. The summed E-state index contributed by atoms with van der Waals surface area (Å²) in [5.41, 5.74) is 3.15. The zero-order chi connectivity index (χ0) is 31.1. The molecule has 4 amide bonds. The van der Waals surface area contributed by atoms with Crippen LogP contribution in [0, 0.1) is 11.3 Å². The van der Waals surface area contributed by atoms with Gasteiger partial charge in [-0.25, -0.2) is 9.59 Å². The van der Waals surface area contributed by atoms with E-state index >= 15 is 0 Å². The number of anilines is 2. The van der Waals surface area contributed by atoms with Gasteiger partial charge in [0.1, 0.15) is 5.60 Å². The number of nitriles is 1. The molecule has 0 radical (unpaired) electrons. The Morgan fingerprint density at radius 3 is 2.30 bits per heavy atom. The van der Waals surface area contributed by atoms with Gasteiger partial charge in [-0.2, -0.15) is 5.26 Å². The first-order chi connectivity index (χ1) is 20.4. The Morgan fingerprint density at radius 1 is 1.02 bits per heavy atom. The van der Waals surface area contributed by atoms with Crippen molar-refractivity contribution in [3.8, 4) is 6.07 Å². The normalized spacial score (nSPS) is 15.1. The van der Waals surface area contributed by atoms with Crippen molar-refractivity contribution in [1.82, 2.24) is 10.2 Å². The molecule has 0 fully saturated rings. The number of fused-ring (bicyclic) bond motifs is 1. The monoisotopic (exact) mass is 601 g/mol. The Morgan fingerprint density at radius 2 is 1.67 bits per heavy atom. The lowest BCUT2D eigenvalue weighted by atomic mass is 9.88. The molecule has 3 N–H and O–H groups in total. The van der Waals surface area contributed by atoms with Gasteiger partial charge in [-0.15, -0.1) is 0 Å². The summed E-state index contributed by atoms with van der Waals surface area (Å²) in [7, 11) is -1.12. The van der Waals surface area contributed by atoms with Crippen LogP contribution in [0.25, 0.3) is 0 Å². The van der Waals surface area contributed by atoms with Crippen molar-refractivity contribution >= 4 is 40.2 Å². The number of carbonyl (C=O) groups is 3. The summed E-state index contributed by atoms with van der Waals surface area (Å²) < 4.78 is 16.9. The van der Waals surface area contributed by atoms with Gasteiger partial charge >= 0.3 is 12.1 Å². The molecule has 0 saturated carbocycles. The maximum absolute atomic E-state index is 13.9. The molecule has 1 heterocycles. The third-order valence-corrected chi connectivity index (χ3v) is 7.70. The van der Waals surface area contributed by atoms with Crippen molar-refractivity contribution in [1.29, 1.82) is 5.26 Å². The van der Waals surface area contributed by atoms with E-state index in [1.54, 1.807) is 80.5 Å². The van der Waals surface area contributed by atoms with Crippen LogP contribution < -0.4 is 16.0 Å². The molecular formula is C32H35N5O5S. The van der Waals surface area contributed by atoms with Crippen LogP contribution in [0.1, 0.15) is 60.3 Å². The van der Waals surface area contributed by atoms with Crippen LogP contribution in [0.5, 0.6) is 0 Å². The Balaban J connectivity index is 1.49. The summed E-state index contributed by atoms with van der Waals surface area (Å²) in [6, 6.07) is 20.5. The first-order valence-electron chi connectivity index (χ1n) is 13.9. The molecule has 3 aromatic carbocycles. The highest BCUT2D eigenvalue weighted by molar-refractivity contribution is 7.84. The molecule has 1 aliphatic heterocycles. The van der Waals surface area contributed by atoms with Crippen molar-refractivity contribution in [3.05, 3.63) is 89.0 Å². The molecule has 3 aromatic rings. The average molecular weight is 602 g/mol. The van der Waals surface area contributed by atoms with Crippen molar-refractivity contribution in [2.45, 2.75) is 50.2 Å². The number of hydrogen-bond donors (Lipinski definition) is 3. The van der Waals surface area contributed by atoms with E-state index in [-0.39, 0.29) is 11.9 Å². The Hall–Kier alpha value is -4.69. The Labute approximate surface area is 253 Å². The molecule has 0 spiro atoms. The van der Waals surface area contributed by atoms with E-state index in [4.69, 9.17) is 4.74 Å². The van der Waals surface area contributed by atoms with E-state index in [0.29, 0.717) is 53.3 Å². The fourth-order valence-corrected chi connectivity index (χ4v) is 5.28. The van der Waals surface area contributed by atoms with Crippen LogP contribution >= 0.6 is 0 Å². The third-order valence-electron chi connectivity index (χ3n) is 6.76. The fourth-order valence-electron chi connectivity index (χ4n) is 4.76. The standard InChI is InChI=1S/C32H35N5O5S/c1-32(2,3)42-31(40)34-16-5-17-37-28(22-8-6-21(20-33)7-9-22)18-23-10-11-25(19-27(23)29(37)38)36-30(39)35-24-12-14-26(15-13-24)43(4)41/h6-15,19,28H,5,16-18H2,1-4H3,(H,34,40)(H2,35,36,39)/t28-,43?/m1/s1. The minimum Gasteiger partial charge on any atom is -0.444 e. The number of ether oxygens (including phenoxy) is 1. The number of benzene rings is 3. The van der Waals surface area contributed by atoms with Gasteiger partial charge in [-0.3, -0.25) is 9.00 Å². The third kappa shape index (κ3) is 8.42. The molecule has 4 rings (SSSR count). The second-order valence-electron chi connectivity index (χ2n) is 11.2. The average Bonchev–Trinajstić information content (AvgIpc) is 2.95. The van der Waals surface area contributed by atoms with E-state index in [2.05, 4.69) is 22.0 Å². The second-order valence-corrected chi connectivity index (χ2v) is 12.5. The first-order valence-corrected chi connectivity index (χ1v) is 15.4. The second kappa shape index (κ2) is 13.5. The van der Waals surface area contributed by atoms with Crippen LogP contribution in [0.15, 0.2) is 71.6 Å². The van der Waals surface area contributed by atoms with Crippen LogP contribution in [0.2, 0.25) is 0 Å². The maximum Gasteiger partial charge on any atom is 0.407 e. The SMILES string of the molecule is CS(=O)c1ccc(NC(=O)Nc2ccc3c(c2)C(=O)N(CCCNC(=O)OC(C)(C)C)[C@@H](c2ccc(C#N)cc2)C3)cc1. The molecule has 11 heteroatoms. The molecule has 43 heavy (non-hydrogen) atoms. The topological polar surface area (TPSA) is 141 Å². The smallest absolute Gasteiger partial charge is 0.407 e. The van der Waals surface area contributed by atoms with E-state index in [1.807, 2.05) is 18.2 Å². The molecule has 2 atom stereocenters. The van der Waals surface area contributed by atoms with Gasteiger partial charge in [-0.1, -0.05) is 18.2 Å². The van der Waals surface area contributed by atoms with Gasteiger partial charge in [-0.05, 0) is 93.3 Å². The number of urea groups is 1. The van der Waals surface area contributed by atoms with E-state index in [9.17, 15) is 23.9 Å². The lowest BCUT2D eigenvalue weighted by Gasteiger charge is -2.37. The van der Waals surface area contributed by atoms with Gasteiger partial charge in [0.05, 0.1) is 17.7 Å². The van der Waals surface area contributed by atoms with Crippen LogP contribution in [-0.2, 0) is 22.0 Å². The lowest BCUT2D eigenvalue weighted by Crippen LogP contribution is -2.42. The predicted molar refractivity (Wildman–Crippen MR) is 165 cm³/mol. The van der Waals surface area contributed by atoms with Crippen molar-refractivity contribution in [2.24, 2.45) is 0 Å². The number of nitrogens with zero attached hydrogens (tertiary/aromatic N) is 2. The number of amides is 4. The number of alkyl carbamates (subject to hydrolysis) is 1. The summed E-state index contributed by atoms with van der Waals surface area (Å²) in [6.07, 6.45) is 2.11. The molecule has 10 nitrogen and oxygen atoms in total. The zero-order valence-electron chi connectivity index (χ0n) is 24.6. The molecular weight excluding hydrogens is 566 g/mol. The van der Waals surface area contributed by atoms with Gasteiger partial charge in [0.15, 0.2) is 0 Å². The minimum absolute atomic E-state index is 0.194. The number of nitrogens with one attached hydrogen (secondary N) is 3. The lowest BCUT2D eigenvalue weighted by molar-refractivity contribution is 0.0523. The quantitative estimate of drug-likeness (QED) is 0.287. The van der Waals surface area contributed by atoms with Crippen LogP contribution in [-0.4, -0.2) is 52.1 Å². The zero-order valence-corrected chi connectivity index (χ0v) is 25.4. The summed E-state index contributed by atoms with van der Waals surface area (Å²) in [5.74, 6) is -0.194. The van der Waals surface area contributed by atoms with E-state index in [0.717, 1.165) is 11.1 Å². The maximum atomic E-state index is 13.9. The van der Waals surface area contributed by atoms with E-state index in [1.165, 1.54) is 0 Å². The van der Waals surface area contributed by atoms with Crippen LogP contribution in [0.3, 0.4) is 0 Å². The minimum atomic E-state index is -1.12. The molecule has 224 valence electrons. The van der Waals surface area contributed by atoms with Gasteiger partial charge in [0.2, 0.25) is 0 Å². The molecule has 0 aromatic heterocycles. The number of hydrogen-bond acceptors (Lipinski definition) is 6. The largest absolute Gasteiger partial charge is 0.444 e. The van der Waals surface area contributed by atoms with Crippen molar-refractivity contribution in [2.75, 3.05) is 30.0 Å². The van der Waals surface area contributed by atoms with Crippen LogP contribution in [0.4, 0.5) is 21.0 Å². The highest BCUT2D eigenvalue weighted by atomic mass is 32.2. The first kappa shape index (κ1) is 31.3. The molecule has 1 unspecified atom stereocenters. The van der Waals surface area contributed by atoms with E-state index < -0.39 is 28.5 Å². The summed E-state index contributed by atoms with van der Waals surface area (Å²) in [5, 5.41) is 17.5. The van der Waals surface area contributed by atoms with Gasteiger partial charge in [0, 0.05) is 52.0 Å². The molecule has 0 bridgehead atoms. The summed E-state index contributed by atoms with van der Waals surface area (Å²) >= 11 is 0. The van der Waals surface area contributed by atoms with Gasteiger partial charge in [0.25, 0.3) is 5.91 Å². The predicted octanol–water partition coefficient (Wildman–Crippen LogP) is 5.59. The number of carbonyl (C=O) groups excluding carboxylic acids is 3. The van der Waals surface area contributed by atoms with Gasteiger partial charge < -0.3 is 25.6 Å². The molecule has 1 aliphatic rings. The molecule has 0 saturated heterocycles. The number of rotatable bonds is 8. The highest BCUT2D eigenvalue weighted by Crippen LogP contribution is 2.35. The van der Waals surface area contributed by atoms with Crippen molar-refractivity contribution in [3.63, 3.8) is 0 Å². The summed E-state index contributed by atoms with van der Waals surface area (Å²) in [4.78, 5) is 41.0. The summed E-state index contributed by atoms with van der Waals surface area (Å²) in [6.45, 7) is 6.07. The Bertz CT molecular complexity index is 1560. The van der Waals surface area contributed by atoms with Crippen molar-refractivity contribution < 1.29 is 23.3 Å². The highest BCUT2D eigenvalue weighted by Gasteiger charge is 2.33.